The Morgan fingerprint density at radius 2 is 2.36 bits per heavy atom. The highest BCUT2D eigenvalue weighted by atomic mass is 32.2. The van der Waals surface area contributed by atoms with Crippen molar-refractivity contribution in [1.82, 2.24) is 4.72 Å². The molecule has 66 valence electrons. The number of nitrogens with one attached hydrogen (secondary N) is 2. The van der Waals surface area contributed by atoms with E-state index in [4.69, 9.17) is 9.89 Å². The fourth-order valence-electron chi connectivity index (χ4n) is 0.491. The minimum absolute atomic E-state index is 0.253. The highest BCUT2D eigenvalue weighted by Crippen LogP contribution is 1.93. The highest BCUT2D eigenvalue weighted by molar-refractivity contribution is 7.80. The van der Waals surface area contributed by atoms with E-state index < -0.39 is 22.8 Å². The molecule has 0 amide bonds. The zero-order valence-electron chi connectivity index (χ0n) is 5.61. The van der Waals surface area contributed by atoms with Crippen LogP contribution in [0, 0.1) is 4.78 Å². The number of aliphatic carboxylic acids is 1. The molecule has 7 heteroatoms. The summed E-state index contributed by atoms with van der Waals surface area (Å²) in [5, 5.41) is 8.44. The van der Waals surface area contributed by atoms with Crippen molar-refractivity contribution in [3.63, 3.8) is 0 Å². The van der Waals surface area contributed by atoms with Gasteiger partial charge in [0, 0.05) is 0 Å². The first-order valence-corrected chi connectivity index (χ1v) is 4.59. The van der Waals surface area contributed by atoms with Crippen LogP contribution >= 0.6 is 12.6 Å². The van der Waals surface area contributed by atoms with Crippen molar-refractivity contribution in [3.8, 4) is 0 Å². The molecule has 3 N–H and O–H groups in total. The monoisotopic (exact) mass is 197 g/mol. The lowest BCUT2D eigenvalue weighted by atomic mass is 10.2. The standard InChI is InChI=1S/C4H9N2O3S2/c5-11(9)6-3(1-2-10)4(7)8/h3,10H,1-2H2,(H,7,8)(H2,5,6,9)/q-1/t3-/m0/s1. The average Bonchev–Trinajstić information content (AvgIpc) is 1.86. The molecular formula is C4H9N2O3S2-. The topological polar surface area (TPSA) is 90.3 Å². The van der Waals surface area contributed by atoms with Crippen molar-refractivity contribution in [3.05, 3.63) is 0 Å². The Hall–Kier alpha value is -0.270. The van der Waals surface area contributed by atoms with Gasteiger partial charge in [-0.15, -0.1) is 10.8 Å². The number of hydrogen-bond donors (Lipinski definition) is 4. The zero-order chi connectivity index (χ0) is 8.85. The van der Waals surface area contributed by atoms with Crippen molar-refractivity contribution < 1.29 is 14.1 Å². The van der Waals surface area contributed by atoms with Crippen LogP contribution in [0.15, 0.2) is 0 Å². The molecule has 11 heavy (non-hydrogen) atoms. The van der Waals surface area contributed by atoms with Gasteiger partial charge < -0.3 is 18.8 Å². The van der Waals surface area contributed by atoms with Gasteiger partial charge in [-0.25, -0.2) is 0 Å². The Labute approximate surface area is 71.7 Å². The predicted molar refractivity (Wildman–Crippen MR) is 43.8 cm³/mol. The van der Waals surface area contributed by atoms with E-state index in [0.717, 1.165) is 0 Å². The number of rotatable bonds is 5. The molecule has 0 spiro atoms. The van der Waals surface area contributed by atoms with E-state index in [1.165, 1.54) is 0 Å². The Bertz CT molecular complexity index is 196. The van der Waals surface area contributed by atoms with E-state index in [1.54, 1.807) is 0 Å². The summed E-state index contributed by atoms with van der Waals surface area (Å²) < 4.78 is 18.8. The Kier molecular flexibility index (Phi) is 5.26. The Morgan fingerprint density at radius 1 is 1.82 bits per heavy atom. The molecule has 0 aliphatic carbocycles. The predicted octanol–water partition coefficient (Wildman–Crippen LogP) is -0.00973. The second kappa shape index (κ2) is 5.39. The molecule has 0 fully saturated rings. The lowest BCUT2D eigenvalue weighted by Crippen LogP contribution is -2.35. The summed E-state index contributed by atoms with van der Waals surface area (Å²) in [6.45, 7) is 0. The van der Waals surface area contributed by atoms with Gasteiger partial charge in [0.2, 0.25) is 0 Å². The van der Waals surface area contributed by atoms with Gasteiger partial charge in [-0.1, -0.05) is 0 Å². The molecule has 0 aromatic heterocycles. The average molecular weight is 197 g/mol. The maximum atomic E-state index is 10.3. The first kappa shape index (κ1) is 10.7. The van der Waals surface area contributed by atoms with Gasteiger partial charge in [-0.3, -0.25) is 4.79 Å². The highest BCUT2D eigenvalue weighted by Gasteiger charge is 2.11. The van der Waals surface area contributed by atoms with Gasteiger partial charge in [0.15, 0.2) is 0 Å². The summed E-state index contributed by atoms with van der Waals surface area (Å²) in [5.41, 5.74) is 0. The van der Waals surface area contributed by atoms with Gasteiger partial charge in [0.25, 0.3) is 0 Å². The quantitative estimate of drug-likeness (QED) is 0.369. The number of hydrogen-bond acceptors (Lipinski definition) is 5. The minimum atomic E-state index is -2.03. The first-order valence-electron chi connectivity index (χ1n) is 2.80. The van der Waals surface area contributed by atoms with Crippen LogP contribution in [0.4, 0.5) is 0 Å². The third-order valence-corrected chi connectivity index (χ3v) is 1.72. The molecule has 0 heterocycles. The second-order valence-corrected chi connectivity index (χ2v) is 3.01. The minimum Gasteiger partial charge on any atom is -0.480 e. The smallest absolute Gasteiger partial charge is 0.319 e. The van der Waals surface area contributed by atoms with Crippen molar-refractivity contribution in [2.45, 2.75) is 12.5 Å². The van der Waals surface area contributed by atoms with Crippen LogP contribution in [-0.4, -0.2) is 22.9 Å². The maximum absolute atomic E-state index is 10.3. The van der Waals surface area contributed by atoms with Crippen molar-refractivity contribution in [2.75, 3.05) is 5.75 Å². The summed E-state index contributed by atoms with van der Waals surface area (Å²) >= 11 is 3.81. The third-order valence-electron chi connectivity index (χ3n) is 0.965. The molecule has 0 aliphatic rings. The van der Waals surface area contributed by atoms with E-state index in [2.05, 4.69) is 17.4 Å². The SMILES string of the molecule is N=[S-](=O)N[C@@H](CCS)C(=O)O. The molecule has 0 bridgehead atoms. The van der Waals surface area contributed by atoms with Crippen molar-refractivity contribution in [2.24, 2.45) is 0 Å². The third kappa shape index (κ3) is 5.05. The summed E-state index contributed by atoms with van der Waals surface area (Å²) in [4.78, 5) is 10.3. The normalized spacial score (nSPS) is 13.3. The van der Waals surface area contributed by atoms with E-state index in [-0.39, 0.29) is 6.42 Å². The molecule has 0 aliphatic heterocycles. The van der Waals surface area contributed by atoms with Crippen LogP contribution < -0.4 is 4.72 Å². The van der Waals surface area contributed by atoms with Crippen LogP contribution in [0.5, 0.6) is 0 Å². The van der Waals surface area contributed by atoms with Crippen LogP contribution in [0.25, 0.3) is 0 Å². The van der Waals surface area contributed by atoms with Gasteiger partial charge in [0.1, 0.15) is 0 Å². The Morgan fingerprint density at radius 3 is 2.64 bits per heavy atom. The summed E-state index contributed by atoms with van der Waals surface area (Å²) in [6.07, 6.45) is 0.253. The lowest BCUT2D eigenvalue weighted by molar-refractivity contribution is -0.138. The van der Waals surface area contributed by atoms with E-state index in [0.29, 0.717) is 5.75 Å². The van der Waals surface area contributed by atoms with E-state index in [9.17, 15) is 9.00 Å². The van der Waals surface area contributed by atoms with Gasteiger partial charge in [-0.2, -0.15) is 12.6 Å². The van der Waals surface area contributed by atoms with Gasteiger partial charge in [0.05, 0.1) is 6.04 Å². The van der Waals surface area contributed by atoms with Gasteiger partial charge >= 0.3 is 5.97 Å². The van der Waals surface area contributed by atoms with Crippen LogP contribution in [0.2, 0.25) is 0 Å². The summed E-state index contributed by atoms with van der Waals surface area (Å²) in [6, 6.07) is -0.939. The molecule has 1 atom stereocenters. The fourth-order valence-corrected chi connectivity index (χ4v) is 1.23. The van der Waals surface area contributed by atoms with E-state index in [1.807, 2.05) is 0 Å². The molecule has 0 rings (SSSR count). The first-order chi connectivity index (χ1) is 5.07. The van der Waals surface area contributed by atoms with Crippen LogP contribution in [-0.2, 0) is 19.8 Å². The zero-order valence-corrected chi connectivity index (χ0v) is 7.32. The lowest BCUT2D eigenvalue weighted by Gasteiger charge is -2.13. The fraction of sp³-hybridized carbons (Fsp3) is 0.750. The van der Waals surface area contributed by atoms with Crippen LogP contribution in [0.3, 0.4) is 0 Å². The number of carboxylic acids is 1. The van der Waals surface area contributed by atoms with Crippen molar-refractivity contribution >= 4 is 29.4 Å². The Balaban J connectivity index is 3.99. The van der Waals surface area contributed by atoms with Crippen LogP contribution in [0.1, 0.15) is 6.42 Å². The summed E-state index contributed by atoms with van der Waals surface area (Å²) in [5.74, 6) is -0.735. The number of carbonyl (C=O) groups is 1. The molecule has 0 saturated heterocycles. The molecule has 0 aromatic rings. The van der Waals surface area contributed by atoms with Crippen molar-refractivity contribution in [1.29, 1.82) is 4.78 Å². The largest absolute Gasteiger partial charge is 0.480 e. The summed E-state index contributed by atoms with van der Waals surface area (Å²) in [7, 11) is -2.03. The maximum Gasteiger partial charge on any atom is 0.319 e. The molecule has 5 nitrogen and oxygen atoms in total. The number of carboxylic acid groups (broad SMARTS) is 1. The molecular weight excluding hydrogens is 188 g/mol. The molecule has 0 unspecified atom stereocenters. The molecule has 0 saturated carbocycles. The van der Waals surface area contributed by atoms with E-state index >= 15 is 0 Å². The van der Waals surface area contributed by atoms with Gasteiger partial charge in [-0.05, 0) is 12.2 Å². The molecule has 0 radical (unpaired) electrons. The molecule has 0 aromatic carbocycles. The second-order valence-electron chi connectivity index (χ2n) is 1.79. The number of thiol groups is 1.